The first-order valence-electron chi connectivity index (χ1n) is 9.50. The lowest BCUT2D eigenvalue weighted by Gasteiger charge is -2.36. The average molecular weight is 410 g/mol. The van der Waals surface area contributed by atoms with Gasteiger partial charge >= 0.3 is 6.18 Å². The minimum Gasteiger partial charge on any atom is -0.356 e. The number of aromatic nitrogens is 3. The molecule has 5 rings (SSSR count). The Morgan fingerprint density at radius 1 is 1.13 bits per heavy atom. The first-order valence-corrected chi connectivity index (χ1v) is 9.50. The van der Waals surface area contributed by atoms with Crippen LogP contribution in [0.4, 0.5) is 13.2 Å². The Labute approximate surface area is 169 Å². The topological polar surface area (TPSA) is 64.8 Å². The highest BCUT2D eigenvalue weighted by molar-refractivity contribution is 5.95. The Morgan fingerprint density at radius 3 is 2.73 bits per heavy atom. The van der Waals surface area contributed by atoms with E-state index in [4.69, 9.17) is 0 Å². The first kappa shape index (κ1) is 18.5. The number of hydrogen-bond donors (Lipinski definition) is 2. The maximum atomic E-state index is 13.4. The summed E-state index contributed by atoms with van der Waals surface area (Å²) >= 11 is 0. The van der Waals surface area contributed by atoms with Crippen molar-refractivity contribution < 1.29 is 18.0 Å². The minimum absolute atomic E-state index is 0.282. The number of carbonyl (C=O) groups is 1. The summed E-state index contributed by atoms with van der Waals surface area (Å²) in [6.45, 7) is 0.389. The summed E-state index contributed by atoms with van der Waals surface area (Å²) in [6, 6.07) is 12.3. The second-order valence-corrected chi connectivity index (χ2v) is 7.32. The summed E-state index contributed by atoms with van der Waals surface area (Å²) in [5.41, 5.74) is 2.72. The van der Waals surface area contributed by atoms with Crippen LogP contribution in [0, 0.1) is 0 Å². The van der Waals surface area contributed by atoms with Crippen molar-refractivity contribution >= 4 is 16.8 Å². The third-order valence-electron chi connectivity index (χ3n) is 5.57. The maximum absolute atomic E-state index is 13.4. The van der Waals surface area contributed by atoms with Crippen molar-refractivity contribution in [2.75, 3.05) is 6.54 Å². The molecule has 0 saturated carbocycles. The van der Waals surface area contributed by atoms with Crippen molar-refractivity contribution in [3.8, 4) is 0 Å². The second kappa shape index (κ2) is 6.76. The van der Waals surface area contributed by atoms with Gasteiger partial charge in [-0.3, -0.25) is 9.89 Å². The third-order valence-corrected chi connectivity index (χ3v) is 5.57. The van der Waals surface area contributed by atoms with E-state index in [-0.39, 0.29) is 5.91 Å². The zero-order valence-electron chi connectivity index (χ0n) is 15.7. The van der Waals surface area contributed by atoms with Crippen LogP contribution in [-0.2, 0) is 12.6 Å². The Balaban J connectivity index is 1.69. The van der Waals surface area contributed by atoms with Crippen LogP contribution in [0.1, 0.15) is 38.8 Å². The van der Waals surface area contributed by atoms with Gasteiger partial charge in [0.1, 0.15) is 0 Å². The van der Waals surface area contributed by atoms with Crippen molar-refractivity contribution in [1.29, 1.82) is 0 Å². The number of H-pyrrole nitrogens is 2. The van der Waals surface area contributed by atoms with Crippen molar-refractivity contribution in [2.24, 2.45) is 0 Å². The molecule has 0 bridgehead atoms. The monoisotopic (exact) mass is 410 g/mol. The van der Waals surface area contributed by atoms with Crippen LogP contribution in [0.25, 0.3) is 10.9 Å². The van der Waals surface area contributed by atoms with Crippen molar-refractivity contribution in [2.45, 2.75) is 18.6 Å². The molecular weight excluding hydrogens is 393 g/mol. The number of hydrogen-bond acceptors (Lipinski definition) is 2. The number of carbonyl (C=O) groups excluding carboxylic acids is 1. The van der Waals surface area contributed by atoms with E-state index in [1.165, 1.54) is 18.5 Å². The Morgan fingerprint density at radius 2 is 1.97 bits per heavy atom. The number of para-hydroxylation sites is 1. The Bertz CT molecular complexity index is 1230. The number of nitrogens with zero attached hydrogens (tertiary/aromatic N) is 2. The van der Waals surface area contributed by atoms with E-state index in [0.717, 1.165) is 34.3 Å². The predicted octanol–water partition coefficient (Wildman–Crippen LogP) is 4.70. The molecule has 0 unspecified atom stereocenters. The number of alkyl halides is 3. The molecule has 1 aliphatic rings. The van der Waals surface area contributed by atoms with Gasteiger partial charge in [0, 0.05) is 29.3 Å². The van der Waals surface area contributed by atoms with E-state index < -0.39 is 17.8 Å². The van der Waals surface area contributed by atoms with Gasteiger partial charge in [0.15, 0.2) is 0 Å². The van der Waals surface area contributed by atoms with E-state index >= 15 is 0 Å². The standard InChI is InChI=1S/C22H17F3N4O/c23-22(24,25)15-5-3-4-13(10-15)20-19-17(16-6-1-2-7-18(16)28-19)8-9-29(20)21(30)14-11-26-27-12-14/h1-7,10-12,20,28H,8-9H2,(H,26,27)/t20-/m1/s1. The van der Waals surface area contributed by atoms with Crippen LogP contribution >= 0.6 is 0 Å². The zero-order valence-corrected chi connectivity index (χ0v) is 15.7. The summed E-state index contributed by atoms with van der Waals surface area (Å²) < 4.78 is 40.1. The van der Waals surface area contributed by atoms with E-state index in [1.54, 1.807) is 11.0 Å². The van der Waals surface area contributed by atoms with Crippen LogP contribution < -0.4 is 0 Å². The number of aromatic amines is 2. The smallest absolute Gasteiger partial charge is 0.356 e. The van der Waals surface area contributed by atoms with Gasteiger partial charge in [-0.05, 0) is 35.7 Å². The largest absolute Gasteiger partial charge is 0.416 e. The van der Waals surface area contributed by atoms with E-state index in [2.05, 4.69) is 15.2 Å². The van der Waals surface area contributed by atoms with E-state index in [9.17, 15) is 18.0 Å². The highest BCUT2D eigenvalue weighted by Crippen LogP contribution is 2.40. The second-order valence-electron chi connectivity index (χ2n) is 7.32. The molecule has 2 aromatic heterocycles. The average Bonchev–Trinajstić information content (AvgIpc) is 3.40. The maximum Gasteiger partial charge on any atom is 0.416 e. The van der Waals surface area contributed by atoms with Crippen molar-refractivity contribution in [3.05, 3.63) is 88.9 Å². The SMILES string of the molecule is O=C(c1cn[nH]c1)N1CCc2c([nH]c3ccccc23)[C@H]1c1cccc(C(F)(F)F)c1. The summed E-state index contributed by atoms with van der Waals surface area (Å²) in [6.07, 6.45) is -0.940. The molecule has 2 N–H and O–H groups in total. The number of halogens is 3. The van der Waals surface area contributed by atoms with Crippen LogP contribution in [0.5, 0.6) is 0 Å². The summed E-state index contributed by atoms with van der Waals surface area (Å²) in [5.74, 6) is -0.282. The highest BCUT2D eigenvalue weighted by Gasteiger charge is 2.37. The Hall–Kier alpha value is -3.55. The lowest BCUT2D eigenvalue weighted by atomic mass is 9.91. The molecule has 8 heteroatoms. The van der Waals surface area contributed by atoms with E-state index in [0.29, 0.717) is 24.1 Å². The molecule has 1 atom stereocenters. The number of amides is 1. The summed E-state index contributed by atoms with van der Waals surface area (Å²) in [5, 5.41) is 7.48. The quantitative estimate of drug-likeness (QED) is 0.503. The molecule has 4 aromatic rings. The van der Waals surface area contributed by atoms with Gasteiger partial charge < -0.3 is 9.88 Å². The normalized spacial score (nSPS) is 16.6. The highest BCUT2D eigenvalue weighted by atomic mass is 19.4. The van der Waals surface area contributed by atoms with E-state index in [1.807, 2.05) is 24.3 Å². The molecule has 3 heterocycles. The molecule has 0 radical (unpaired) electrons. The first-order chi connectivity index (χ1) is 14.4. The van der Waals surface area contributed by atoms with Gasteiger partial charge in [0.25, 0.3) is 5.91 Å². The van der Waals surface area contributed by atoms with Crippen molar-refractivity contribution in [3.63, 3.8) is 0 Å². The zero-order chi connectivity index (χ0) is 20.9. The number of rotatable bonds is 2. The Kier molecular flexibility index (Phi) is 4.16. The molecule has 0 aliphatic carbocycles. The third kappa shape index (κ3) is 2.96. The van der Waals surface area contributed by atoms with Gasteiger partial charge in [0.05, 0.1) is 23.4 Å². The molecule has 0 fully saturated rings. The number of fused-ring (bicyclic) bond motifs is 3. The summed E-state index contributed by atoms with van der Waals surface area (Å²) in [4.78, 5) is 18.1. The van der Waals surface area contributed by atoms with Crippen LogP contribution in [0.3, 0.4) is 0 Å². The summed E-state index contributed by atoms with van der Waals surface area (Å²) in [7, 11) is 0. The molecular formula is C22H17F3N4O. The van der Waals surface area contributed by atoms with Gasteiger partial charge in [0.2, 0.25) is 0 Å². The fourth-order valence-electron chi connectivity index (χ4n) is 4.22. The van der Waals surface area contributed by atoms with Gasteiger partial charge in [-0.2, -0.15) is 18.3 Å². The van der Waals surface area contributed by atoms with Gasteiger partial charge in [-0.25, -0.2) is 0 Å². The van der Waals surface area contributed by atoms with Crippen molar-refractivity contribution in [1.82, 2.24) is 20.1 Å². The fourth-order valence-corrected chi connectivity index (χ4v) is 4.22. The molecule has 152 valence electrons. The van der Waals surface area contributed by atoms with Gasteiger partial charge in [-0.1, -0.05) is 30.3 Å². The predicted molar refractivity (Wildman–Crippen MR) is 105 cm³/mol. The number of nitrogens with one attached hydrogen (secondary N) is 2. The molecule has 1 amide bonds. The lowest BCUT2D eigenvalue weighted by Crippen LogP contribution is -2.40. The van der Waals surface area contributed by atoms with Gasteiger partial charge in [-0.15, -0.1) is 0 Å². The van der Waals surface area contributed by atoms with Crippen LogP contribution in [0.2, 0.25) is 0 Å². The molecule has 5 nitrogen and oxygen atoms in total. The fraction of sp³-hybridized carbons (Fsp3) is 0.182. The molecule has 30 heavy (non-hydrogen) atoms. The minimum atomic E-state index is -4.46. The molecule has 0 saturated heterocycles. The lowest BCUT2D eigenvalue weighted by molar-refractivity contribution is -0.137. The molecule has 2 aromatic carbocycles. The molecule has 0 spiro atoms. The van der Waals surface area contributed by atoms with Crippen LogP contribution in [-0.4, -0.2) is 32.5 Å². The van der Waals surface area contributed by atoms with Crippen LogP contribution in [0.15, 0.2) is 60.9 Å². The number of benzene rings is 2. The molecule has 1 aliphatic heterocycles.